The van der Waals surface area contributed by atoms with Crippen LogP contribution in [0.3, 0.4) is 0 Å². The molecule has 1 atom stereocenters. The molecule has 10 nitrogen and oxygen atoms in total. The van der Waals surface area contributed by atoms with Crippen molar-refractivity contribution < 1.29 is 48.7 Å². The zero-order valence-electron chi connectivity index (χ0n) is 21.3. The molecule has 4 rings (SSSR count). The Morgan fingerprint density at radius 1 is 1.07 bits per heavy atom. The summed E-state index contributed by atoms with van der Waals surface area (Å²) in [5, 5.41) is 10.1. The smallest absolute Gasteiger partial charge is 0.475 e. The van der Waals surface area contributed by atoms with E-state index in [2.05, 4.69) is 10.0 Å². The molecule has 0 bridgehead atoms. The first kappa shape index (κ1) is 32.0. The second-order valence-corrected chi connectivity index (χ2v) is 12.2. The van der Waals surface area contributed by atoms with Crippen LogP contribution in [0, 0.1) is 5.82 Å². The van der Waals surface area contributed by atoms with Crippen LogP contribution in [0.4, 0.5) is 27.6 Å². The van der Waals surface area contributed by atoms with Crippen molar-refractivity contribution in [2.45, 2.75) is 30.2 Å². The van der Waals surface area contributed by atoms with Gasteiger partial charge in [0.15, 0.2) is 0 Å². The molecule has 2 heterocycles. The number of carboxylic acids is 1. The maximum Gasteiger partial charge on any atom is 0.490 e. The Balaban J connectivity index is 0.000000587. The van der Waals surface area contributed by atoms with E-state index in [1.54, 1.807) is 19.2 Å². The molecule has 2 aromatic carbocycles. The molecule has 1 fully saturated rings. The van der Waals surface area contributed by atoms with Crippen molar-refractivity contribution in [2.24, 2.45) is 0 Å². The van der Waals surface area contributed by atoms with Crippen LogP contribution in [-0.4, -0.2) is 68.7 Å². The number of rotatable bonds is 8. The topological polar surface area (TPSA) is 138 Å². The van der Waals surface area contributed by atoms with E-state index in [1.807, 2.05) is 0 Å². The van der Waals surface area contributed by atoms with Gasteiger partial charge in [-0.25, -0.2) is 26.0 Å². The molecule has 1 saturated heterocycles. The quantitative estimate of drug-likeness (QED) is 0.326. The van der Waals surface area contributed by atoms with E-state index in [-0.39, 0.29) is 41.4 Å². The highest BCUT2D eigenvalue weighted by molar-refractivity contribution is 7.90. The fraction of sp³-hybridized carbons (Fsp3) is 0.292. The third kappa shape index (κ3) is 7.81. The molecule has 224 valence electrons. The van der Waals surface area contributed by atoms with Crippen molar-refractivity contribution in [2.75, 3.05) is 24.9 Å². The van der Waals surface area contributed by atoms with Crippen LogP contribution in [0.15, 0.2) is 65.7 Å². The molecule has 0 unspecified atom stereocenters. The molecule has 0 saturated carbocycles. The molecular formula is C24H25F5N4O6S2. The lowest BCUT2D eigenvalue weighted by molar-refractivity contribution is -0.192. The van der Waals surface area contributed by atoms with Gasteiger partial charge in [-0.15, -0.1) is 0 Å². The monoisotopic (exact) mass is 624 g/mol. The fourth-order valence-electron chi connectivity index (χ4n) is 3.81. The van der Waals surface area contributed by atoms with Gasteiger partial charge in [-0.3, -0.25) is 4.72 Å². The van der Waals surface area contributed by atoms with E-state index in [9.17, 15) is 38.8 Å². The number of nitrogens with zero attached hydrogens (tertiary/aromatic N) is 2. The van der Waals surface area contributed by atoms with Gasteiger partial charge in [0.1, 0.15) is 12.0 Å². The Kier molecular flexibility index (Phi) is 9.78. The number of halogens is 5. The number of hydrogen-bond donors (Lipinski definition) is 3. The minimum Gasteiger partial charge on any atom is -0.475 e. The largest absolute Gasteiger partial charge is 0.490 e. The molecule has 0 amide bonds. The van der Waals surface area contributed by atoms with Crippen molar-refractivity contribution in [3.8, 4) is 11.3 Å². The van der Waals surface area contributed by atoms with Crippen molar-refractivity contribution in [1.29, 1.82) is 0 Å². The summed E-state index contributed by atoms with van der Waals surface area (Å²) >= 11 is 0. The van der Waals surface area contributed by atoms with E-state index < -0.39 is 44.4 Å². The summed E-state index contributed by atoms with van der Waals surface area (Å²) in [5.74, 6) is -3.33. The summed E-state index contributed by atoms with van der Waals surface area (Å²) in [7, 11) is -6.57. The minimum absolute atomic E-state index is 0.0124. The predicted molar refractivity (Wildman–Crippen MR) is 139 cm³/mol. The normalized spacial score (nSPS) is 16.2. The van der Waals surface area contributed by atoms with E-state index >= 15 is 0 Å². The molecule has 1 aliphatic heterocycles. The summed E-state index contributed by atoms with van der Waals surface area (Å²) in [4.78, 5) is 8.70. The van der Waals surface area contributed by atoms with Gasteiger partial charge in [-0.05, 0) is 55.4 Å². The van der Waals surface area contributed by atoms with Gasteiger partial charge in [0.2, 0.25) is 0 Å². The summed E-state index contributed by atoms with van der Waals surface area (Å²) < 4.78 is 116. The first-order chi connectivity index (χ1) is 19.1. The zero-order chi connectivity index (χ0) is 30.6. The number of aliphatic carboxylic acids is 1. The van der Waals surface area contributed by atoms with Crippen LogP contribution in [0.2, 0.25) is 0 Å². The van der Waals surface area contributed by atoms with Gasteiger partial charge >= 0.3 is 22.4 Å². The molecule has 0 aliphatic carbocycles. The maximum atomic E-state index is 14.5. The SMILES string of the molecule is CNCc1cc(-c2ccccc2F)n(S(=O)(=O)c2cccc(NS(=O)(=O)N3CC[C@H](F)C3)c2)c1.O=C(O)C(F)(F)F. The van der Waals surface area contributed by atoms with Gasteiger partial charge in [0.25, 0.3) is 10.0 Å². The van der Waals surface area contributed by atoms with E-state index in [1.165, 1.54) is 48.7 Å². The molecule has 3 N–H and O–H groups in total. The van der Waals surface area contributed by atoms with Crippen molar-refractivity contribution in [3.63, 3.8) is 0 Å². The molecule has 1 aliphatic rings. The Morgan fingerprint density at radius 2 is 1.73 bits per heavy atom. The number of aromatic nitrogens is 1. The third-order valence-corrected chi connectivity index (χ3v) is 8.86. The second kappa shape index (κ2) is 12.5. The Labute approximate surface area is 232 Å². The Morgan fingerprint density at radius 3 is 2.29 bits per heavy atom. The minimum atomic E-state index is -5.08. The van der Waals surface area contributed by atoms with Crippen LogP contribution >= 0.6 is 0 Å². The Hall–Kier alpha value is -3.54. The molecule has 1 aromatic heterocycles. The molecule has 0 radical (unpaired) electrons. The van der Waals surface area contributed by atoms with E-state index in [4.69, 9.17) is 9.90 Å². The summed E-state index contributed by atoms with van der Waals surface area (Å²) in [5.41, 5.74) is 0.884. The first-order valence-corrected chi connectivity index (χ1v) is 14.6. The standard InChI is InChI=1S/C22H24F2N4O4S2.C2HF3O2/c1-25-13-16-11-22(20-7-2-3-8-21(20)24)28(14-16)33(29,30)19-6-4-5-18(12-19)26-34(31,32)27-10-9-17(23)15-27;3-2(4,5)1(6)7/h2-8,11-12,14,17,25-26H,9-10,13,15H2,1H3;(H,6,7)/t17-;/m0./s1. The lowest BCUT2D eigenvalue weighted by Gasteiger charge is -2.17. The molecule has 0 spiro atoms. The first-order valence-electron chi connectivity index (χ1n) is 11.7. The summed E-state index contributed by atoms with van der Waals surface area (Å²) in [6.45, 7) is 0.143. The van der Waals surface area contributed by atoms with Gasteiger partial charge in [0, 0.05) is 31.4 Å². The molecule has 41 heavy (non-hydrogen) atoms. The number of hydrogen-bond acceptors (Lipinski definition) is 6. The molecule has 17 heteroatoms. The van der Waals surface area contributed by atoms with Crippen LogP contribution in [-0.2, 0) is 31.6 Å². The number of alkyl halides is 4. The van der Waals surface area contributed by atoms with Gasteiger partial charge in [-0.2, -0.15) is 25.9 Å². The number of anilines is 1. The van der Waals surface area contributed by atoms with E-state index in [0.29, 0.717) is 12.1 Å². The van der Waals surface area contributed by atoms with Crippen molar-refractivity contribution in [1.82, 2.24) is 13.6 Å². The number of nitrogens with one attached hydrogen (secondary N) is 2. The molecular weight excluding hydrogens is 599 g/mol. The van der Waals surface area contributed by atoms with Crippen LogP contribution in [0.1, 0.15) is 12.0 Å². The van der Waals surface area contributed by atoms with Gasteiger partial charge < -0.3 is 10.4 Å². The maximum absolute atomic E-state index is 14.5. The third-order valence-electron chi connectivity index (χ3n) is 5.69. The number of carboxylic acid groups (broad SMARTS) is 1. The van der Waals surface area contributed by atoms with E-state index in [0.717, 1.165) is 8.28 Å². The molecule has 3 aromatic rings. The zero-order valence-corrected chi connectivity index (χ0v) is 22.9. The number of carbonyl (C=O) groups is 1. The summed E-state index contributed by atoms with van der Waals surface area (Å²) in [6, 6.07) is 12.7. The lowest BCUT2D eigenvalue weighted by Crippen LogP contribution is -2.34. The average molecular weight is 625 g/mol. The van der Waals surface area contributed by atoms with Crippen molar-refractivity contribution >= 4 is 31.9 Å². The second-order valence-electron chi connectivity index (χ2n) is 8.73. The van der Waals surface area contributed by atoms with Crippen LogP contribution < -0.4 is 10.0 Å². The van der Waals surface area contributed by atoms with Gasteiger partial charge in [-0.1, -0.05) is 18.2 Å². The number of benzene rings is 2. The van der Waals surface area contributed by atoms with Crippen LogP contribution in [0.5, 0.6) is 0 Å². The van der Waals surface area contributed by atoms with Crippen LogP contribution in [0.25, 0.3) is 11.3 Å². The lowest BCUT2D eigenvalue weighted by atomic mass is 10.1. The Bertz CT molecular complexity index is 1610. The van der Waals surface area contributed by atoms with Crippen molar-refractivity contribution in [3.05, 3.63) is 72.2 Å². The fourth-order valence-corrected chi connectivity index (χ4v) is 6.51. The average Bonchev–Trinajstić information content (AvgIpc) is 3.52. The highest BCUT2D eigenvalue weighted by atomic mass is 32.2. The summed E-state index contributed by atoms with van der Waals surface area (Å²) in [6.07, 6.45) is -4.81. The highest BCUT2D eigenvalue weighted by Crippen LogP contribution is 2.30. The van der Waals surface area contributed by atoms with Gasteiger partial charge in [0.05, 0.1) is 16.3 Å². The highest BCUT2D eigenvalue weighted by Gasteiger charge is 2.38. The predicted octanol–water partition coefficient (Wildman–Crippen LogP) is 3.58.